The number of nitrogens with one attached hydrogen (secondary N) is 1. The van der Waals surface area contributed by atoms with E-state index >= 15 is 0 Å². The van der Waals surface area contributed by atoms with Crippen molar-refractivity contribution in [1.29, 1.82) is 0 Å². The van der Waals surface area contributed by atoms with Crippen LogP contribution in [0.25, 0.3) is 0 Å². The quantitative estimate of drug-likeness (QED) is 0.652. The summed E-state index contributed by atoms with van der Waals surface area (Å²) < 4.78 is 5.16. The number of hydrogen-bond donors (Lipinski definition) is 1. The lowest BCUT2D eigenvalue weighted by molar-refractivity contribution is -0.385. The van der Waals surface area contributed by atoms with Crippen molar-refractivity contribution in [2.75, 3.05) is 31.6 Å². The molecular formula is C12H15N3O4. The van der Waals surface area contributed by atoms with Crippen LogP contribution in [-0.2, 0) is 4.74 Å². The SMILES string of the molecule is Cc1c(NC(=O)N2CCOCC2)cccc1[N+](=O)[O-]. The molecule has 1 N–H and O–H groups in total. The first-order valence-corrected chi connectivity index (χ1v) is 5.97. The highest BCUT2D eigenvalue weighted by Crippen LogP contribution is 2.25. The number of urea groups is 1. The second-order valence-electron chi connectivity index (χ2n) is 4.24. The molecule has 1 aliphatic rings. The zero-order valence-corrected chi connectivity index (χ0v) is 10.6. The van der Waals surface area contributed by atoms with E-state index < -0.39 is 4.92 Å². The van der Waals surface area contributed by atoms with Crippen molar-refractivity contribution in [2.45, 2.75) is 6.92 Å². The Bertz CT molecular complexity index is 498. The summed E-state index contributed by atoms with van der Waals surface area (Å²) >= 11 is 0. The molecule has 0 saturated carbocycles. The van der Waals surface area contributed by atoms with Gasteiger partial charge in [-0.05, 0) is 13.0 Å². The summed E-state index contributed by atoms with van der Waals surface area (Å²) in [5.41, 5.74) is 0.916. The minimum atomic E-state index is -0.459. The Hall–Kier alpha value is -2.15. The van der Waals surface area contributed by atoms with E-state index in [0.717, 1.165) is 0 Å². The van der Waals surface area contributed by atoms with E-state index in [1.807, 2.05) is 0 Å². The van der Waals surface area contributed by atoms with Crippen LogP contribution in [0, 0.1) is 17.0 Å². The van der Waals surface area contributed by atoms with Crippen LogP contribution >= 0.6 is 0 Å². The number of morpholine rings is 1. The fourth-order valence-corrected chi connectivity index (χ4v) is 1.92. The molecule has 1 heterocycles. The summed E-state index contributed by atoms with van der Waals surface area (Å²) in [4.78, 5) is 24.0. The van der Waals surface area contributed by atoms with Gasteiger partial charge in [-0.25, -0.2) is 4.79 Å². The van der Waals surface area contributed by atoms with Crippen LogP contribution in [-0.4, -0.2) is 42.2 Å². The molecule has 2 amide bonds. The zero-order valence-electron chi connectivity index (χ0n) is 10.6. The van der Waals surface area contributed by atoms with Crippen LogP contribution in [0.2, 0.25) is 0 Å². The number of amides is 2. The minimum Gasteiger partial charge on any atom is -0.378 e. The first-order valence-electron chi connectivity index (χ1n) is 5.97. The second-order valence-corrected chi connectivity index (χ2v) is 4.24. The van der Waals surface area contributed by atoms with E-state index in [9.17, 15) is 14.9 Å². The van der Waals surface area contributed by atoms with Crippen molar-refractivity contribution in [3.63, 3.8) is 0 Å². The molecule has 0 bridgehead atoms. The summed E-state index contributed by atoms with van der Waals surface area (Å²) in [5.74, 6) is 0. The van der Waals surface area contributed by atoms with Crippen LogP contribution < -0.4 is 5.32 Å². The number of hydrogen-bond acceptors (Lipinski definition) is 4. The Morgan fingerprint density at radius 3 is 2.74 bits per heavy atom. The molecule has 102 valence electrons. The van der Waals surface area contributed by atoms with Gasteiger partial charge in [0.25, 0.3) is 5.69 Å². The number of carbonyl (C=O) groups excluding carboxylic acids is 1. The van der Waals surface area contributed by atoms with Gasteiger partial charge in [0.15, 0.2) is 0 Å². The van der Waals surface area contributed by atoms with Crippen LogP contribution in [0.4, 0.5) is 16.2 Å². The Kier molecular flexibility index (Phi) is 3.96. The van der Waals surface area contributed by atoms with Gasteiger partial charge < -0.3 is 15.0 Å². The van der Waals surface area contributed by atoms with Crippen molar-refractivity contribution in [3.8, 4) is 0 Å². The van der Waals surface area contributed by atoms with Gasteiger partial charge in [-0.15, -0.1) is 0 Å². The van der Waals surface area contributed by atoms with Crippen LogP contribution in [0.15, 0.2) is 18.2 Å². The standard InChI is InChI=1S/C12H15N3O4/c1-9-10(3-2-4-11(9)15(17)18)13-12(16)14-5-7-19-8-6-14/h2-4H,5-8H2,1H3,(H,13,16). The van der Waals surface area contributed by atoms with E-state index in [1.165, 1.54) is 6.07 Å². The third-order valence-electron chi connectivity index (χ3n) is 3.04. The van der Waals surface area contributed by atoms with Gasteiger partial charge >= 0.3 is 6.03 Å². The smallest absolute Gasteiger partial charge is 0.322 e. The maximum atomic E-state index is 12.0. The van der Waals surface area contributed by atoms with Crippen molar-refractivity contribution in [2.24, 2.45) is 0 Å². The van der Waals surface area contributed by atoms with Crippen molar-refractivity contribution >= 4 is 17.4 Å². The van der Waals surface area contributed by atoms with Crippen LogP contribution in [0.5, 0.6) is 0 Å². The fraction of sp³-hybridized carbons (Fsp3) is 0.417. The number of rotatable bonds is 2. The molecule has 1 aliphatic heterocycles. The number of nitro groups is 1. The molecule has 0 unspecified atom stereocenters. The highest BCUT2D eigenvalue weighted by molar-refractivity contribution is 5.90. The van der Waals surface area contributed by atoms with Gasteiger partial charge in [-0.3, -0.25) is 10.1 Å². The van der Waals surface area contributed by atoms with Crippen LogP contribution in [0.1, 0.15) is 5.56 Å². The average molecular weight is 265 g/mol. The lowest BCUT2D eigenvalue weighted by atomic mass is 10.1. The van der Waals surface area contributed by atoms with Crippen molar-refractivity contribution < 1.29 is 14.5 Å². The Balaban J connectivity index is 2.12. The van der Waals surface area contributed by atoms with Gasteiger partial charge in [0, 0.05) is 19.2 Å². The monoisotopic (exact) mass is 265 g/mol. The molecule has 1 saturated heterocycles. The zero-order chi connectivity index (χ0) is 13.8. The third-order valence-corrected chi connectivity index (χ3v) is 3.04. The minimum absolute atomic E-state index is 0.000206. The number of carbonyl (C=O) groups is 1. The van der Waals surface area contributed by atoms with E-state index in [0.29, 0.717) is 37.6 Å². The first kappa shape index (κ1) is 13.3. The molecule has 7 heteroatoms. The molecule has 2 rings (SSSR count). The first-order chi connectivity index (χ1) is 9.09. The lowest BCUT2D eigenvalue weighted by Gasteiger charge is -2.27. The summed E-state index contributed by atoms with van der Waals surface area (Å²) in [7, 11) is 0. The second kappa shape index (κ2) is 5.66. The molecule has 7 nitrogen and oxygen atoms in total. The van der Waals surface area contributed by atoms with Gasteiger partial charge in [0.05, 0.1) is 29.4 Å². The Labute approximate surface area is 110 Å². The predicted molar refractivity (Wildman–Crippen MR) is 69.2 cm³/mol. The fourth-order valence-electron chi connectivity index (χ4n) is 1.92. The number of benzene rings is 1. The van der Waals surface area contributed by atoms with Gasteiger partial charge in [0.2, 0.25) is 0 Å². The number of anilines is 1. The van der Waals surface area contributed by atoms with Crippen molar-refractivity contribution in [3.05, 3.63) is 33.9 Å². The number of nitrogens with zero attached hydrogens (tertiary/aromatic N) is 2. The van der Waals surface area contributed by atoms with E-state index in [1.54, 1.807) is 24.0 Å². The van der Waals surface area contributed by atoms with Gasteiger partial charge in [-0.2, -0.15) is 0 Å². The van der Waals surface area contributed by atoms with E-state index in [4.69, 9.17) is 4.74 Å². The van der Waals surface area contributed by atoms with Gasteiger partial charge in [0.1, 0.15) is 0 Å². The third kappa shape index (κ3) is 3.00. The summed E-state index contributed by atoms with van der Waals surface area (Å²) in [6.45, 7) is 3.70. The van der Waals surface area contributed by atoms with Crippen molar-refractivity contribution in [1.82, 2.24) is 4.90 Å². The summed E-state index contributed by atoms with van der Waals surface area (Å²) in [6.07, 6.45) is 0. The average Bonchev–Trinajstić information content (AvgIpc) is 2.41. The molecule has 1 aromatic rings. The normalized spacial score (nSPS) is 15.1. The van der Waals surface area contributed by atoms with E-state index in [-0.39, 0.29) is 11.7 Å². The molecule has 0 radical (unpaired) electrons. The maximum absolute atomic E-state index is 12.0. The number of ether oxygens (including phenoxy) is 1. The molecule has 0 spiro atoms. The maximum Gasteiger partial charge on any atom is 0.322 e. The Morgan fingerprint density at radius 1 is 1.42 bits per heavy atom. The summed E-state index contributed by atoms with van der Waals surface area (Å²) in [6, 6.07) is 4.37. The molecule has 1 aromatic carbocycles. The molecule has 19 heavy (non-hydrogen) atoms. The molecule has 0 aliphatic carbocycles. The van der Waals surface area contributed by atoms with E-state index in [2.05, 4.69) is 5.32 Å². The molecular weight excluding hydrogens is 250 g/mol. The highest BCUT2D eigenvalue weighted by atomic mass is 16.6. The predicted octanol–water partition coefficient (Wildman–Crippen LogP) is 1.77. The Morgan fingerprint density at radius 2 is 2.11 bits per heavy atom. The topological polar surface area (TPSA) is 84.7 Å². The molecule has 0 aromatic heterocycles. The largest absolute Gasteiger partial charge is 0.378 e. The summed E-state index contributed by atoms with van der Waals surface area (Å²) in [5, 5.41) is 13.5. The van der Waals surface area contributed by atoms with Crippen LogP contribution in [0.3, 0.4) is 0 Å². The molecule has 0 atom stereocenters. The number of nitro benzene ring substituents is 1. The van der Waals surface area contributed by atoms with Gasteiger partial charge in [-0.1, -0.05) is 6.07 Å². The molecule has 1 fully saturated rings. The highest BCUT2D eigenvalue weighted by Gasteiger charge is 2.19. The lowest BCUT2D eigenvalue weighted by Crippen LogP contribution is -2.43.